The molecule has 0 saturated carbocycles. The fourth-order valence-electron chi connectivity index (χ4n) is 2.45. The molecule has 1 heterocycles. The first-order chi connectivity index (χ1) is 13.6. The largest absolute Gasteiger partial charge is 0.484 e. The number of nitrogens with one attached hydrogen (secondary N) is 1. The van der Waals surface area contributed by atoms with Crippen LogP contribution in [0.15, 0.2) is 57.7 Å². The lowest BCUT2D eigenvalue weighted by Gasteiger charge is -2.11. The van der Waals surface area contributed by atoms with Crippen LogP contribution >= 0.6 is 0 Å². The topological polar surface area (TPSA) is 112 Å². The number of carbonyl (C=O) groups is 1. The molecule has 0 unspecified atom stereocenters. The van der Waals surface area contributed by atoms with Crippen LogP contribution in [0.5, 0.6) is 5.75 Å². The normalized spacial score (nSPS) is 11.3. The molecule has 3 rings (SSSR count). The Balaban J connectivity index is 1.90. The monoisotopic (exact) mass is 408 g/mol. The first-order valence-corrected chi connectivity index (χ1v) is 7.96. The Bertz CT molecular complexity index is 1160. The van der Waals surface area contributed by atoms with Gasteiger partial charge in [-0.2, -0.15) is 13.2 Å². The summed E-state index contributed by atoms with van der Waals surface area (Å²) in [4.78, 5) is 34.5. The van der Waals surface area contributed by atoms with Crippen LogP contribution in [0.4, 0.5) is 24.5 Å². The quantitative estimate of drug-likeness (QED) is 0.506. The molecule has 1 amide bonds. The van der Waals surface area contributed by atoms with E-state index < -0.39 is 40.7 Å². The highest BCUT2D eigenvalue weighted by Crippen LogP contribution is 2.28. The molecule has 0 fully saturated rings. The Morgan fingerprint density at radius 2 is 1.90 bits per heavy atom. The molecule has 0 radical (unpaired) electrons. The van der Waals surface area contributed by atoms with Crippen molar-refractivity contribution in [3.05, 3.63) is 74.8 Å². The highest BCUT2D eigenvalue weighted by molar-refractivity contribution is 6.04. The number of carbonyl (C=O) groups excluding carboxylic acids is 1. The molecule has 0 bridgehead atoms. The van der Waals surface area contributed by atoms with Gasteiger partial charge >= 0.3 is 11.8 Å². The van der Waals surface area contributed by atoms with Crippen molar-refractivity contribution in [3.8, 4) is 5.75 Å². The highest BCUT2D eigenvalue weighted by atomic mass is 19.4. The summed E-state index contributed by atoms with van der Waals surface area (Å²) >= 11 is 0. The molecule has 1 N–H and O–H groups in total. The zero-order valence-corrected chi connectivity index (χ0v) is 14.4. The molecule has 2 aromatic carbocycles. The summed E-state index contributed by atoms with van der Waals surface area (Å²) in [5, 5.41) is 13.9. The van der Waals surface area contributed by atoms with Crippen LogP contribution in [0.25, 0.3) is 10.8 Å². The summed E-state index contributed by atoms with van der Waals surface area (Å²) in [6, 6.07) is 10.3. The molecule has 0 aliphatic rings. The lowest BCUT2D eigenvalue weighted by Crippen LogP contribution is -2.19. The van der Waals surface area contributed by atoms with E-state index >= 15 is 0 Å². The molecule has 0 aliphatic carbocycles. The van der Waals surface area contributed by atoms with E-state index in [9.17, 15) is 32.9 Å². The van der Waals surface area contributed by atoms with Crippen LogP contribution in [0.2, 0.25) is 0 Å². The van der Waals surface area contributed by atoms with Gasteiger partial charge in [0.25, 0.3) is 11.6 Å². The van der Waals surface area contributed by atoms with E-state index in [4.69, 9.17) is 4.42 Å². The average Bonchev–Trinajstić information content (AvgIpc) is 2.65. The van der Waals surface area contributed by atoms with E-state index in [1.807, 2.05) is 0 Å². The Morgan fingerprint density at radius 1 is 1.17 bits per heavy atom. The summed E-state index contributed by atoms with van der Waals surface area (Å²) in [5.41, 5.74) is -1.57. The number of alkyl halides is 3. The van der Waals surface area contributed by atoms with Gasteiger partial charge in [-0.25, -0.2) is 4.79 Å². The molecule has 0 spiro atoms. The summed E-state index contributed by atoms with van der Waals surface area (Å²) in [5.74, 6) is -1.76. The maximum Gasteiger partial charge on any atom is 0.422 e. The maximum atomic E-state index is 12.4. The first-order valence-electron chi connectivity index (χ1n) is 7.96. The molecule has 8 nitrogen and oxygen atoms in total. The van der Waals surface area contributed by atoms with Gasteiger partial charge in [0.1, 0.15) is 5.75 Å². The van der Waals surface area contributed by atoms with Crippen LogP contribution in [-0.2, 0) is 0 Å². The number of rotatable bonds is 5. The molecule has 0 atom stereocenters. The van der Waals surface area contributed by atoms with Gasteiger partial charge in [0.2, 0.25) is 0 Å². The van der Waals surface area contributed by atoms with Crippen LogP contribution in [0.1, 0.15) is 10.6 Å². The molecule has 3 aromatic rings. The lowest BCUT2D eigenvalue weighted by atomic mass is 10.1. The van der Waals surface area contributed by atoms with E-state index in [-0.39, 0.29) is 16.8 Å². The van der Waals surface area contributed by atoms with Crippen molar-refractivity contribution in [2.75, 3.05) is 11.9 Å². The minimum absolute atomic E-state index is 0.211. The molecule has 0 saturated heterocycles. The van der Waals surface area contributed by atoms with Crippen molar-refractivity contribution in [3.63, 3.8) is 0 Å². The lowest BCUT2D eigenvalue weighted by molar-refractivity contribution is -0.384. The van der Waals surface area contributed by atoms with Gasteiger partial charge in [0.15, 0.2) is 12.4 Å². The highest BCUT2D eigenvalue weighted by Gasteiger charge is 2.29. The van der Waals surface area contributed by atoms with Gasteiger partial charge in [0.05, 0.1) is 22.1 Å². The number of halogens is 3. The molecule has 0 aliphatic heterocycles. The third-order valence-corrected chi connectivity index (χ3v) is 3.66. The number of fused-ring (bicyclic) bond motifs is 1. The second kappa shape index (κ2) is 7.62. The van der Waals surface area contributed by atoms with Gasteiger partial charge in [-0.1, -0.05) is 18.2 Å². The number of nitro groups is 1. The van der Waals surface area contributed by atoms with Crippen LogP contribution in [0.3, 0.4) is 0 Å². The van der Waals surface area contributed by atoms with E-state index in [0.29, 0.717) is 5.39 Å². The van der Waals surface area contributed by atoms with Gasteiger partial charge < -0.3 is 14.5 Å². The van der Waals surface area contributed by atoms with Crippen LogP contribution in [-0.4, -0.2) is 23.6 Å². The number of anilines is 1. The number of non-ortho nitro benzene ring substituents is 1. The zero-order chi connectivity index (χ0) is 21.2. The van der Waals surface area contributed by atoms with E-state index in [1.54, 1.807) is 18.2 Å². The Hall–Kier alpha value is -3.89. The molecule has 29 heavy (non-hydrogen) atoms. The molecule has 150 valence electrons. The summed E-state index contributed by atoms with van der Waals surface area (Å²) in [6.45, 7) is -1.67. The minimum atomic E-state index is -4.65. The van der Waals surface area contributed by atoms with Crippen molar-refractivity contribution in [1.82, 2.24) is 0 Å². The summed E-state index contributed by atoms with van der Waals surface area (Å²) in [7, 11) is 0. The molecule has 11 heteroatoms. The summed E-state index contributed by atoms with van der Waals surface area (Å²) < 4.78 is 46.4. The number of benzene rings is 2. The smallest absolute Gasteiger partial charge is 0.422 e. The molecular weight excluding hydrogens is 397 g/mol. The first kappa shape index (κ1) is 19.9. The second-order valence-corrected chi connectivity index (χ2v) is 5.82. The third kappa shape index (κ3) is 4.89. The fraction of sp³-hybridized carbons (Fsp3) is 0.111. The standard InChI is InChI=1S/C18H11F3N2O6/c19-18(20,21)9-28-13-7-11(6-12(8-13)23(26)27)22-16(24)15-5-10-3-1-2-4-14(10)17(25)29-15/h1-8H,9H2,(H,22,24). The molecular formula is C18H11F3N2O6. The average molecular weight is 408 g/mol. The van der Waals surface area contributed by atoms with Crippen LogP contribution < -0.4 is 15.7 Å². The number of ether oxygens (including phenoxy) is 1. The molecule has 1 aromatic heterocycles. The van der Waals surface area contributed by atoms with E-state index in [0.717, 1.165) is 18.2 Å². The van der Waals surface area contributed by atoms with Gasteiger partial charge in [-0.3, -0.25) is 14.9 Å². The number of hydrogen-bond donors (Lipinski definition) is 1. The van der Waals surface area contributed by atoms with E-state index in [2.05, 4.69) is 10.1 Å². The van der Waals surface area contributed by atoms with E-state index in [1.165, 1.54) is 12.1 Å². The maximum absolute atomic E-state index is 12.4. The van der Waals surface area contributed by atoms with Crippen molar-refractivity contribution >= 4 is 28.1 Å². The van der Waals surface area contributed by atoms with Gasteiger partial charge in [-0.15, -0.1) is 0 Å². The van der Waals surface area contributed by atoms with Gasteiger partial charge in [0, 0.05) is 12.1 Å². The van der Waals surface area contributed by atoms with Gasteiger partial charge in [-0.05, 0) is 17.5 Å². The van der Waals surface area contributed by atoms with Crippen molar-refractivity contribution in [1.29, 1.82) is 0 Å². The number of amides is 1. The van der Waals surface area contributed by atoms with Crippen LogP contribution in [0, 0.1) is 10.1 Å². The number of nitro benzene ring substituents is 1. The number of nitrogens with zero attached hydrogens (tertiary/aromatic N) is 1. The SMILES string of the molecule is O=C(Nc1cc(OCC(F)(F)F)cc([N+](=O)[O-])c1)c1cc2ccccc2c(=O)o1. The second-order valence-electron chi connectivity index (χ2n) is 5.82. The Kier molecular flexibility index (Phi) is 5.22. The Labute approximate surface area is 159 Å². The van der Waals surface area contributed by atoms with Crippen molar-refractivity contribution in [2.24, 2.45) is 0 Å². The minimum Gasteiger partial charge on any atom is -0.484 e. The Morgan fingerprint density at radius 3 is 2.59 bits per heavy atom. The zero-order valence-electron chi connectivity index (χ0n) is 14.4. The third-order valence-electron chi connectivity index (χ3n) is 3.66. The predicted octanol–water partition coefficient (Wildman–Crippen LogP) is 3.89. The van der Waals surface area contributed by atoms with Crippen molar-refractivity contribution in [2.45, 2.75) is 6.18 Å². The summed E-state index contributed by atoms with van der Waals surface area (Å²) in [6.07, 6.45) is -4.65. The fourth-order valence-corrected chi connectivity index (χ4v) is 2.45. The van der Waals surface area contributed by atoms with Crippen molar-refractivity contribution < 1.29 is 32.0 Å². The number of hydrogen-bond acceptors (Lipinski definition) is 6. The predicted molar refractivity (Wildman–Crippen MR) is 95.1 cm³/mol.